The summed E-state index contributed by atoms with van der Waals surface area (Å²) in [6.07, 6.45) is 2.11. The minimum absolute atomic E-state index is 0.00704. The van der Waals surface area contributed by atoms with E-state index in [0.717, 1.165) is 24.5 Å². The number of halogens is 1. The molecular formula is C13H10FNO4S. The molecule has 0 aliphatic carbocycles. The summed E-state index contributed by atoms with van der Waals surface area (Å²) in [6.45, 7) is 0. The number of carboxylic acids is 1. The van der Waals surface area contributed by atoms with Gasteiger partial charge in [-0.3, -0.25) is 4.98 Å². The van der Waals surface area contributed by atoms with Gasteiger partial charge in [0.25, 0.3) is 0 Å². The fraction of sp³-hybridized carbons (Fsp3) is 0.0769. The van der Waals surface area contributed by atoms with Gasteiger partial charge < -0.3 is 5.11 Å². The van der Waals surface area contributed by atoms with Crippen LogP contribution in [0.5, 0.6) is 0 Å². The number of hydrogen-bond donors (Lipinski definition) is 1. The second-order valence-electron chi connectivity index (χ2n) is 4.12. The van der Waals surface area contributed by atoms with Crippen molar-refractivity contribution in [2.24, 2.45) is 0 Å². The topological polar surface area (TPSA) is 84.3 Å². The van der Waals surface area contributed by atoms with Gasteiger partial charge in [0.15, 0.2) is 9.84 Å². The molecule has 5 nitrogen and oxygen atoms in total. The van der Waals surface area contributed by atoms with Gasteiger partial charge in [0.1, 0.15) is 10.7 Å². The predicted octanol–water partition coefficient (Wildman–Crippen LogP) is 1.99. The lowest BCUT2D eigenvalue weighted by Crippen LogP contribution is -2.10. The molecule has 1 aromatic carbocycles. The number of pyridine rings is 1. The molecule has 2 aromatic rings. The molecule has 0 radical (unpaired) electrons. The molecule has 104 valence electrons. The van der Waals surface area contributed by atoms with Gasteiger partial charge in [-0.25, -0.2) is 17.6 Å². The van der Waals surface area contributed by atoms with E-state index in [1.54, 1.807) is 0 Å². The average molecular weight is 295 g/mol. The van der Waals surface area contributed by atoms with Crippen LogP contribution in [0.25, 0.3) is 11.3 Å². The zero-order valence-electron chi connectivity index (χ0n) is 10.4. The molecule has 1 aromatic heterocycles. The normalized spacial score (nSPS) is 11.3. The number of carboxylic acid groups (broad SMARTS) is 1. The van der Waals surface area contributed by atoms with Crippen LogP contribution in [-0.2, 0) is 9.84 Å². The van der Waals surface area contributed by atoms with Gasteiger partial charge in [0.2, 0.25) is 0 Å². The molecule has 0 unspecified atom stereocenters. The molecule has 7 heteroatoms. The Morgan fingerprint density at radius 3 is 2.30 bits per heavy atom. The molecule has 0 atom stereocenters. The van der Waals surface area contributed by atoms with Crippen LogP contribution in [-0.4, -0.2) is 30.7 Å². The molecule has 20 heavy (non-hydrogen) atoms. The SMILES string of the molecule is CS(=O)(=O)c1c(C(=O)O)ccnc1-c1ccc(F)cc1. The monoisotopic (exact) mass is 295 g/mol. The van der Waals surface area contributed by atoms with Gasteiger partial charge in [0.05, 0.1) is 11.3 Å². The number of aromatic carboxylic acids is 1. The van der Waals surface area contributed by atoms with E-state index < -0.39 is 21.6 Å². The highest BCUT2D eigenvalue weighted by molar-refractivity contribution is 7.91. The number of aromatic nitrogens is 1. The van der Waals surface area contributed by atoms with Crippen molar-refractivity contribution in [1.29, 1.82) is 0 Å². The van der Waals surface area contributed by atoms with Gasteiger partial charge in [0, 0.05) is 18.0 Å². The highest BCUT2D eigenvalue weighted by Crippen LogP contribution is 2.28. The minimum Gasteiger partial charge on any atom is -0.478 e. The van der Waals surface area contributed by atoms with Crippen LogP contribution in [0.4, 0.5) is 4.39 Å². The largest absolute Gasteiger partial charge is 0.478 e. The van der Waals surface area contributed by atoms with Crippen molar-refractivity contribution in [3.8, 4) is 11.3 Å². The van der Waals surface area contributed by atoms with Crippen molar-refractivity contribution in [1.82, 2.24) is 4.98 Å². The number of benzene rings is 1. The molecule has 0 fully saturated rings. The summed E-state index contributed by atoms with van der Waals surface area (Å²) in [7, 11) is -3.80. The van der Waals surface area contributed by atoms with Crippen LogP contribution in [0.2, 0.25) is 0 Å². The summed E-state index contributed by atoms with van der Waals surface area (Å²) in [5.74, 6) is -1.85. The van der Waals surface area contributed by atoms with Crippen molar-refractivity contribution < 1.29 is 22.7 Å². The van der Waals surface area contributed by atoms with Crippen LogP contribution < -0.4 is 0 Å². The average Bonchev–Trinajstić information content (AvgIpc) is 2.37. The summed E-state index contributed by atoms with van der Waals surface area (Å²) in [5.41, 5.74) is -0.0378. The van der Waals surface area contributed by atoms with E-state index in [1.165, 1.54) is 18.3 Å². The van der Waals surface area contributed by atoms with Gasteiger partial charge in [-0.2, -0.15) is 0 Å². The minimum atomic E-state index is -3.80. The highest BCUT2D eigenvalue weighted by atomic mass is 32.2. The molecular weight excluding hydrogens is 285 g/mol. The summed E-state index contributed by atoms with van der Waals surface area (Å²) < 4.78 is 36.6. The standard InChI is InChI=1S/C13H10FNO4S/c1-20(18,19)12-10(13(16)17)6-7-15-11(12)8-2-4-9(14)5-3-8/h2-7H,1H3,(H,16,17). The Morgan fingerprint density at radius 2 is 1.80 bits per heavy atom. The molecule has 1 N–H and O–H groups in total. The molecule has 0 saturated carbocycles. The fourth-order valence-electron chi connectivity index (χ4n) is 1.81. The highest BCUT2D eigenvalue weighted by Gasteiger charge is 2.24. The van der Waals surface area contributed by atoms with E-state index in [0.29, 0.717) is 5.56 Å². The number of rotatable bonds is 3. The first-order valence-electron chi connectivity index (χ1n) is 5.49. The molecule has 0 bridgehead atoms. The quantitative estimate of drug-likeness (QED) is 0.936. The van der Waals surface area contributed by atoms with E-state index in [2.05, 4.69) is 4.98 Å². The van der Waals surface area contributed by atoms with Crippen LogP contribution in [0.3, 0.4) is 0 Å². The number of sulfone groups is 1. The first-order valence-corrected chi connectivity index (χ1v) is 7.38. The Hall–Kier alpha value is -2.28. The molecule has 0 amide bonds. The van der Waals surface area contributed by atoms with Gasteiger partial charge in [-0.05, 0) is 30.3 Å². The van der Waals surface area contributed by atoms with Crippen molar-refractivity contribution in [2.45, 2.75) is 4.90 Å². The molecule has 2 rings (SSSR count). The van der Waals surface area contributed by atoms with Crippen LogP contribution in [0.15, 0.2) is 41.4 Å². The van der Waals surface area contributed by atoms with Crippen LogP contribution >= 0.6 is 0 Å². The van der Waals surface area contributed by atoms with Crippen LogP contribution in [0, 0.1) is 5.82 Å². The first-order chi connectivity index (χ1) is 9.30. The molecule has 0 saturated heterocycles. The van der Waals surface area contributed by atoms with E-state index in [1.807, 2.05) is 0 Å². The zero-order chi connectivity index (χ0) is 14.9. The van der Waals surface area contributed by atoms with E-state index in [9.17, 15) is 17.6 Å². The summed E-state index contributed by atoms with van der Waals surface area (Å²) in [4.78, 5) is 14.7. The summed E-state index contributed by atoms with van der Waals surface area (Å²) in [5, 5.41) is 9.09. The zero-order valence-corrected chi connectivity index (χ0v) is 11.2. The number of hydrogen-bond acceptors (Lipinski definition) is 4. The van der Waals surface area contributed by atoms with E-state index >= 15 is 0 Å². The molecule has 0 aliphatic rings. The third kappa shape index (κ3) is 2.67. The first kappa shape index (κ1) is 14.1. The maximum absolute atomic E-state index is 12.9. The Balaban J connectivity index is 2.80. The summed E-state index contributed by atoms with van der Waals surface area (Å²) >= 11 is 0. The maximum atomic E-state index is 12.9. The lowest BCUT2D eigenvalue weighted by Gasteiger charge is -2.10. The lowest BCUT2D eigenvalue weighted by atomic mass is 10.1. The van der Waals surface area contributed by atoms with Crippen LogP contribution in [0.1, 0.15) is 10.4 Å². The third-order valence-electron chi connectivity index (χ3n) is 2.62. The Labute approximate surface area is 114 Å². The molecule has 0 spiro atoms. The van der Waals surface area contributed by atoms with Crippen molar-refractivity contribution in [3.63, 3.8) is 0 Å². The molecule has 1 heterocycles. The molecule has 0 aliphatic heterocycles. The van der Waals surface area contributed by atoms with Gasteiger partial charge >= 0.3 is 5.97 Å². The Bertz CT molecular complexity index is 769. The van der Waals surface area contributed by atoms with E-state index in [-0.39, 0.29) is 16.2 Å². The Morgan fingerprint density at radius 1 is 1.20 bits per heavy atom. The number of carbonyl (C=O) groups is 1. The summed E-state index contributed by atoms with van der Waals surface area (Å²) in [6, 6.07) is 6.11. The Kier molecular flexibility index (Phi) is 3.54. The lowest BCUT2D eigenvalue weighted by molar-refractivity contribution is 0.0692. The predicted molar refractivity (Wildman–Crippen MR) is 69.7 cm³/mol. The van der Waals surface area contributed by atoms with Crippen molar-refractivity contribution >= 4 is 15.8 Å². The second kappa shape index (κ2) is 5.01. The van der Waals surface area contributed by atoms with Crippen molar-refractivity contribution in [3.05, 3.63) is 47.9 Å². The smallest absolute Gasteiger partial charge is 0.337 e. The fourth-order valence-corrected chi connectivity index (χ4v) is 2.88. The van der Waals surface area contributed by atoms with Gasteiger partial charge in [-0.1, -0.05) is 0 Å². The maximum Gasteiger partial charge on any atom is 0.337 e. The third-order valence-corrected chi connectivity index (χ3v) is 3.78. The van der Waals surface area contributed by atoms with Crippen molar-refractivity contribution in [2.75, 3.05) is 6.26 Å². The second-order valence-corrected chi connectivity index (χ2v) is 6.07. The van der Waals surface area contributed by atoms with E-state index in [4.69, 9.17) is 5.11 Å². The van der Waals surface area contributed by atoms with Gasteiger partial charge in [-0.15, -0.1) is 0 Å². The number of nitrogens with zero attached hydrogens (tertiary/aromatic N) is 1.